The lowest BCUT2D eigenvalue weighted by Gasteiger charge is -2.37. The molecule has 102 valence electrons. The van der Waals surface area contributed by atoms with E-state index in [-0.39, 0.29) is 11.8 Å². The maximum Gasteiger partial charge on any atom is 0.224 e. The van der Waals surface area contributed by atoms with Gasteiger partial charge in [0.15, 0.2) is 0 Å². The molecule has 0 bridgehead atoms. The third-order valence-corrected chi connectivity index (χ3v) is 3.75. The van der Waals surface area contributed by atoms with Crippen LogP contribution in [0.25, 0.3) is 0 Å². The molecule has 0 aromatic rings. The summed E-state index contributed by atoms with van der Waals surface area (Å²) in [6.45, 7) is 6.95. The van der Waals surface area contributed by atoms with Crippen molar-refractivity contribution in [1.82, 2.24) is 10.2 Å². The smallest absolute Gasteiger partial charge is 0.224 e. The zero-order valence-electron chi connectivity index (χ0n) is 11.7. The highest BCUT2D eigenvalue weighted by molar-refractivity contribution is 5.78. The molecule has 0 spiro atoms. The molecule has 1 N–H and O–H groups in total. The Morgan fingerprint density at radius 2 is 2.28 bits per heavy atom. The minimum absolute atomic E-state index is 0.149. The lowest BCUT2D eigenvalue weighted by atomic mass is 9.92. The number of unbranched alkanes of at least 4 members (excludes halogenated alkanes) is 1. The van der Waals surface area contributed by atoms with Gasteiger partial charge in [-0.1, -0.05) is 13.3 Å². The van der Waals surface area contributed by atoms with Crippen molar-refractivity contribution < 1.29 is 4.79 Å². The van der Waals surface area contributed by atoms with Crippen molar-refractivity contribution in [1.29, 1.82) is 0 Å². The van der Waals surface area contributed by atoms with E-state index in [1.54, 1.807) is 0 Å². The van der Waals surface area contributed by atoms with E-state index in [1.165, 1.54) is 0 Å². The molecule has 0 unspecified atom stereocenters. The molecule has 1 amide bonds. The molecule has 1 rings (SSSR count). The van der Waals surface area contributed by atoms with Crippen molar-refractivity contribution in [2.24, 2.45) is 5.92 Å². The Labute approximate surface area is 111 Å². The zero-order chi connectivity index (χ0) is 13.4. The number of nitrogens with zero attached hydrogens (tertiary/aromatic N) is 1. The van der Waals surface area contributed by atoms with Gasteiger partial charge in [0.2, 0.25) is 5.91 Å². The van der Waals surface area contributed by atoms with Gasteiger partial charge in [0.05, 0.1) is 5.92 Å². The first-order chi connectivity index (χ1) is 8.69. The first-order valence-corrected chi connectivity index (χ1v) is 7.14. The van der Waals surface area contributed by atoms with Gasteiger partial charge in [0, 0.05) is 32.1 Å². The summed E-state index contributed by atoms with van der Waals surface area (Å²) in [5.74, 6) is 3.05. The number of nitrogens with one attached hydrogen (secondary N) is 1. The fraction of sp³-hybridized carbons (Fsp3) is 0.800. The van der Waals surface area contributed by atoms with E-state index in [2.05, 4.69) is 30.0 Å². The first kappa shape index (κ1) is 15.0. The lowest BCUT2D eigenvalue weighted by molar-refractivity contribution is -0.127. The number of carbonyl (C=O) groups is 1. The summed E-state index contributed by atoms with van der Waals surface area (Å²) in [5.41, 5.74) is 0. The van der Waals surface area contributed by atoms with Gasteiger partial charge >= 0.3 is 0 Å². The molecule has 3 nitrogen and oxygen atoms in total. The molecule has 0 saturated carbocycles. The Morgan fingerprint density at radius 1 is 1.50 bits per heavy atom. The third-order valence-electron chi connectivity index (χ3n) is 3.75. The van der Waals surface area contributed by atoms with Crippen molar-refractivity contribution in [3.63, 3.8) is 0 Å². The van der Waals surface area contributed by atoms with E-state index in [9.17, 15) is 4.79 Å². The van der Waals surface area contributed by atoms with E-state index in [1.807, 2.05) is 0 Å². The standard InChI is InChI=1S/C15H26N2O/c1-4-6-10-16-15(18)14-9-8-13(3)17(12-14)11-7-5-2/h2,13-14H,4,6-12H2,1,3H3,(H,16,18)/t13-,14-/m0/s1. The van der Waals surface area contributed by atoms with Gasteiger partial charge < -0.3 is 5.32 Å². The third kappa shape index (κ3) is 4.70. The Kier molecular flexibility index (Phi) is 6.82. The zero-order valence-corrected chi connectivity index (χ0v) is 11.7. The molecule has 1 saturated heterocycles. The van der Waals surface area contributed by atoms with E-state index >= 15 is 0 Å². The predicted octanol–water partition coefficient (Wildman–Crippen LogP) is 2.03. The monoisotopic (exact) mass is 250 g/mol. The second-order valence-electron chi connectivity index (χ2n) is 5.22. The fourth-order valence-corrected chi connectivity index (χ4v) is 2.45. The second kappa shape index (κ2) is 8.16. The van der Waals surface area contributed by atoms with Crippen LogP contribution in [-0.2, 0) is 4.79 Å². The molecule has 1 fully saturated rings. The number of hydrogen-bond donors (Lipinski definition) is 1. The van der Waals surface area contributed by atoms with Crippen molar-refractivity contribution in [3.8, 4) is 12.3 Å². The van der Waals surface area contributed by atoms with Crippen LogP contribution in [-0.4, -0.2) is 36.5 Å². The van der Waals surface area contributed by atoms with E-state index < -0.39 is 0 Å². The highest BCUT2D eigenvalue weighted by atomic mass is 16.1. The van der Waals surface area contributed by atoms with Crippen LogP contribution in [0.3, 0.4) is 0 Å². The van der Waals surface area contributed by atoms with Crippen LogP contribution in [0.15, 0.2) is 0 Å². The van der Waals surface area contributed by atoms with Gasteiger partial charge in [-0.05, 0) is 26.2 Å². The molecule has 1 aliphatic rings. The molecular weight excluding hydrogens is 224 g/mol. The van der Waals surface area contributed by atoms with Crippen LogP contribution in [0.2, 0.25) is 0 Å². The molecule has 18 heavy (non-hydrogen) atoms. The molecule has 0 radical (unpaired) electrons. The Balaban J connectivity index is 2.38. The normalized spacial score (nSPS) is 24.5. The number of rotatable bonds is 6. The molecule has 0 aliphatic carbocycles. The molecule has 3 heteroatoms. The molecular formula is C15H26N2O. The van der Waals surface area contributed by atoms with Crippen molar-refractivity contribution in [3.05, 3.63) is 0 Å². The summed E-state index contributed by atoms with van der Waals surface area (Å²) in [7, 11) is 0. The Hall–Kier alpha value is -1.01. The number of likely N-dealkylation sites (tertiary alicyclic amines) is 1. The first-order valence-electron chi connectivity index (χ1n) is 7.14. The van der Waals surface area contributed by atoms with Gasteiger partial charge in [-0.2, -0.15) is 0 Å². The second-order valence-corrected chi connectivity index (χ2v) is 5.22. The predicted molar refractivity (Wildman–Crippen MR) is 75.1 cm³/mol. The summed E-state index contributed by atoms with van der Waals surface area (Å²) in [5, 5.41) is 3.04. The number of hydrogen-bond acceptors (Lipinski definition) is 2. The van der Waals surface area contributed by atoms with E-state index in [0.717, 1.165) is 51.7 Å². The fourth-order valence-electron chi connectivity index (χ4n) is 2.45. The molecule has 1 heterocycles. The maximum absolute atomic E-state index is 12.0. The van der Waals surface area contributed by atoms with Gasteiger partial charge in [0.1, 0.15) is 0 Å². The van der Waals surface area contributed by atoms with E-state index in [4.69, 9.17) is 6.42 Å². The van der Waals surface area contributed by atoms with E-state index in [0.29, 0.717) is 6.04 Å². The van der Waals surface area contributed by atoms with Crippen LogP contribution < -0.4 is 5.32 Å². The van der Waals surface area contributed by atoms with Crippen molar-refractivity contribution in [2.75, 3.05) is 19.6 Å². The SMILES string of the molecule is C#CCCN1C[C@@H](C(=O)NCCCC)CC[C@@H]1C. The Morgan fingerprint density at radius 3 is 2.94 bits per heavy atom. The maximum atomic E-state index is 12.0. The summed E-state index contributed by atoms with van der Waals surface area (Å²) in [6.07, 6.45) is 10.4. The highest BCUT2D eigenvalue weighted by Gasteiger charge is 2.29. The molecule has 2 atom stereocenters. The van der Waals surface area contributed by atoms with Crippen LogP contribution in [0.1, 0.15) is 46.0 Å². The highest BCUT2D eigenvalue weighted by Crippen LogP contribution is 2.22. The topological polar surface area (TPSA) is 32.3 Å². The molecule has 1 aliphatic heterocycles. The van der Waals surface area contributed by atoms with Gasteiger partial charge in [-0.25, -0.2) is 0 Å². The van der Waals surface area contributed by atoms with Crippen molar-refractivity contribution in [2.45, 2.75) is 52.0 Å². The number of terminal acetylenes is 1. The summed E-state index contributed by atoms with van der Waals surface area (Å²) < 4.78 is 0. The number of amides is 1. The number of carbonyl (C=O) groups excluding carboxylic acids is 1. The van der Waals surface area contributed by atoms with Crippen LogP contribution in [0, 0.1) is 18.3 Å². The number of piperidine rings is 1. The lowest BCUT2D eigenvalue weighted by Crippen LogP contribution is -2.47. The average Bonchev–Trinajstić information content (AvgIpc) is 2.38. The molecule has 0 aromatic heterocycles. The largest absolute Gasteiger partial charge is 0.356 e. The Bertz CT molecular complexity index is 295. The molecule has 0 aromatic carbocycles. The van der Waals surface area contributed by atoms with Crippen LogP contribution >= 0.6 is 0 Å². The van der Waals surface area contributed by atoms with Crippen LogP contribution in [0.4, 0.5) is 0 Å². The summed E-state index contributed by atoms with van der Waals surface area (Å²) in [4.78, 5) is 14.4. The quantitative estimate of drug-likeness (QED) is 0.578. The summed E-state index contributed by atoms with van der Waals surface area (Å²) >= 11 is 0. The van der Waals surface area contributed by atoms with Gasteiger partial charge in [-0.15, -0.1) is 12.3 Å². The van der Waals surface area contributed by atoms with Crippen molar-refractivity contribution >= 4 is 5.91 Å². The minimum atomic E-state index is 0.149. The minimum Gasteiger partial charge on any atom is -0.356 e. The van der Waals surface area contributed by atoms with Crippen LogP contribution in [0.5, 0.6) is 0 Å². The van der Waals surface area contributed by atoms with Gasteiger partial charge in [0.25, 0.3) is 0 Å². The summed E-state index contributed by atoms with van der Waals surface area (Å²) in [6, 6.07) is 0.554. The average molecular weight is 250 g/mol. The van der Waals surface area contributed by atoms with Gasteiger partial charge in [-0.3, -0.25) is 9.69 Å².